The molecule has 0 saturated carbocycles. The van der Waals surface area contributed by atoms with Crippen LogP contribution in [-0.4, -0.2) is 54.7 Å². The first-order valence-electron chi connectivity index (χ1n) is 8.77. The molecule has 27 heavy (non-hydrogen) atoms. The summed E-state index contributed by atoms with van der Waals surface area (Å²) in [7, 11) is 0. The number of hydrogen-bond donors (Lipinski definition) is 0. The quantitative estimate of drug-likeness (QED) is 0.736. The molecule has 1 aliphatic heterocycles. The van der Waals surface area contributed by atoms with Gasteiger partial charge < -0.3 is 14.4 Å². The number of hydrogen-bond acceptors (Lipinski definition) is 6. The largest absolute Gasteiger partial charge is 0.452 e. The van der Waals surface area contributed by atoms with Gasteiger partial charge in [0.2, 0.25) is 0 Å². The van der Waals surface area contributed by atoms with Crippen LogP contribution in [0.15, 0.2) is 46.5 Å². The summed E-state index contributed by atoms with van der Waals surface area (Å²) in [5.41, 5.74) is 2.74. The fourth-order valence-corrected chi connectivity index (χ4v) is 3.60. The van der Waals surface area contributed by atoms with E-state index >= 15 is 0 Å². The molecular weight excluding hydrogens is 364 g/mol. The van der Waals surface area contributed by atoms with Crippen molar-refractivity contribution in [2.24, 2.45) is 0 Å². The molecule has 6 nitrogen and oxygen atoms in total. The van der Waals surface area contributed by atoms with E-state index in [2.05, 4.69) is 18.0 Å². The minimum Gasteiger partial charge on any atom is -0.452 e. The Labute approximate surface area is 162 Å². The average Bonchev–Trinajstić information content (AvgIpc) is 2.70. The van der Waals surface area contributed by atoms with Gasteiger partial charge in [0.05, 0.1) is 18.8 Å². The van der Waals surface area contributed by atoms with Gasteiger partial charge in [0, 0.05) is 24.2 Å². The summed E-state index contributed by atoms with van der Waals surface area (Å²) in [4.78, 5) is 31.6. The van der Waals surface area contributed by atoms with Gasteiger partial charge in [0.25, 0.3) is 5.91 Å². The third-order valence-electron chi connectivity index (χ3n) is 4.37. The van der Waals surface area contributed by atoms with E-state index in [-0.39, 0.29) is 12.5 Å². The Morgan fingerprint density at radius 2 is 1.96 bits per heavy atom. The Balaban J connectivity index is 1.66. The molecule has 1 aliphatic rings. The van der Waals surface area contributed by atoms with Crippen LogP contribution >= 0.6 is 11.8 Å². The van der Waals surface area contributed by atoms with Crippen LogP contribution in [0, 0.1) is 13.8 Å². The van der Waals surface area contributed by atoms with E-state index in [0.29, 0.717) is 36.9 Å². The van der Waals surface area contributed by atoms with Gasteiger partial charge in [-0.2, -0.15) is 0 Å². The first kappa shape index (κ1) is 19.4. The number of carbonyl (C=O) groups excluding carboxylic acids is 2. The van der Waals surface area contributed by atoms with Crippen LogP contribution in [-0.2, 0) is 14.3 Å². The number of aryl methyl sites for hydroxylation is 2. The van der Waals surface area contributed by atoms with Gasteiger partial charge in [-0.3, -0.25) is 4.79 Å². The number of ether oxygens (including phenoxy) is 2. The fourth-order valence-electron chi connectivity index (χ4n) is 2.63. The second-order valence-corrected chi connectivity index (χ2v) is 7.34. The third kappa shape index (κ3) is 5.08. The number of nitrogens with zero attached hydrogens (tertiary/aromatic N) is 2. The maximum atomic E-state index is 12.5. The number of carbonyl (C=O) groups is 2. The minimum absolute atomic E-state index is 0.209. The summed E-state index contributed by atoms with van der Waals surface area (Å²) < 4.78 is 10.5. The van der Waals surface area contributed by atoms with Gasteiger partial charge in [-0.05, 0) is 49.2 Å². The molecule has 1 fully saturated rings. The summed E-state index contributed by atoms with van der Waals surface area (Å²) in [6, 6.07) is 9.45. The molecule has 142 valence electrons. The Kier molecular flexibility index (Phi) is 6.47. The van der Waals surface area contributed by atoms with Crippen LogP contribution in [0.4, 0.5) is 0 Å². The fraction of sp³-hybridized carbons (Fsp3) is 0.350. The van der Waals surface area contributed by atoms with Gasteiger partial charge in [-0.1, -0.05) is 17.8 Å². The molecule has 0 aliphatic carbocycles. The van der Waals surface area contributed by atoms with Crippen molar-refractivity contribution in [3.63, 3.8) is 0 Å². The van der Waals surface area contributed by atoms with Crippen molar-refractivity contribution in [1.29, 1.82) is 0 Å². The van der Waals surface area contributed by atoms with Crippen LogP contribution in [0.3, 0.4) is 0 Å². The van der Waals surface area contributed by atoms with E-state index in [9.17, 15) is 9.59 Å². The van der Waals surface area contributed by atoms with E-state index in [1.165, 1.54) is 22.9 Å². The van der Waals surface area contributed by atoms with E-state index in [0.717, 1.165) is 4.90 Å². The van der Waals surface area contributed by atoms with Crippen LogP contribution in [0.5, 0.6) is 0 Å². The van der Waals surface area contributed by atoms with Crippen molar-refractivity contribution in [3.05, 3.63) is 53.2 Å². The van der Waals surface area contributed by atoms with E-state index < -0.39 is 5.97 Å². The smallest absolute Gasteiger partial charge is 0.341 e. The topological polar surface area (TPSA) is 68.7 Å². The lowest BCUT2D eigenvalue weighted by Gasteiger charge is -2.26. The number of pyridine rings is 1. The Morgan fingerprint density at radius 3 is 2.70 bits per heavy atom. The molecule has 0 unspecified atom stereocenters. The lowest BCUT2D eigenvalue weighted by Crippen LogP contribution is -2.42. The molecule has 0 atom stereocenters. The summed E-state index contributed by atoms with van der Waals surface area (Å²) in [6.45, 7) is 5.90. The van der Waals surface area contributed by atoms with Crippen molar-refractivity contribution in [1.82, 2.24) is 9.88 Å². The average molecular weight is 386 g/mol. The summed E-state index contributed by atoms with van der Waals surface area (Å²) >= 11 is 1.40. The second kappa shape index (κ2) is 9.01. The zero-order valence-electron chi connectivity index (χ0n) is 15.4. The summed E-state index contributed by atoms with van der Waals surface area (Å²) in [6.07, 6.45) is 1.64. The molecule has 0 bridgehead atoms. The maximum absolute atomic E-state index is 12.5. The van der Waals surface area contributed by atoms with Crippen molar-refractivity contribution in [2.45, 2.75) is 23.8 Å². The minimum atomic E-state index is -0.545. The summed E-state index contributed by atoms with van der Waals surface area (Å²) in [5.74, 6) is -0.755. The van der Waals surface area contributed by atoms with E-state index in [1.54, 1.807) is 23.2 Å². The van der Waals surface area contributed by atoms with Crippen molar-refractivity contribution in [2.75, 3.05) is 32.9 Å². The number of rotatable bonds is 5. The molecule has 0 radical (unpaired) electrons. The highest BCUT2D eigenvalue weighted by molar-refractivity contribution is 7.99. The molecule has 1 aromatic heterocycles. The highest BCUT2D eigenvalue weighted by Crippen LogP contribution is 2.30. The molecule has 2 aromatic rings. The standard InChI is InChI=1S/C20H22N2O4S/c1-14-5-6-16(12-15(14)2)27-19-17(4-3-7-21-19)20(24)26-13-18(23)22-8-10-25-11-9-22/h3-7,12H,8-11,13H2,1-2H3. The van der Waals surface area contributed by atoms with Gasteiger partial charge in [-0.15, -0.1) is 0 Å². The predicted octanol–water partition coefficient (Wildman–Crippen LogP) is 2.87. The SMILES string of the molecule is Cc1ccc(Sc2ncccc2C(=O)OCC(=O)N2CCOCC2)cc1C. The normalized spacial score (nSPS) is 14.1. The molecule has 3 rings (SSSR count). The maximum Gasteiger partial charge on any atom is 0.341 e. The second-order valence-electron chi connectivity index (χ2n) is 6.27. The third-order valence-corrected chi connectivity index (χ3v) is 5.38. The Morgan fingerprint density at radius 1 is 1.19 bits per heavy atom. The number of aromatic nitrogens is 1. The van der Waals surface area contributed by atoms with Crippen LogP contribution in [0.2, 0.25) is 0 Å². The predicted molar refractivity (Wildman–Crippen MR) is 102 cm³/mol. The lowest BCUT2D eigenvalue weighted by atomic mass is 10.1. The zero-order chi connectivity index (χ0) is 19.2. The van der Waals surface area contributed by atoms with Crippen molar-refractivity contribution in [3.8, 4) is 0 Å². The summed E-state index contributed by atoms with van der Waals surface area (Å²) in [5, 5.41) is 0.560. The molecule has 1 aromatic carbocycles. The van der Waals surface area contributed by atoms with E-state index in [4.69, 9.17) is 9.47 Å². The first-order chi connectivity index (χ1) is 13.0. The van der Waals surface area contributed by atoms with Gasteiger partial charge in [0.15, 0.2) is 6.61 Å². The Bertz CT molecular complexity index is 834. The lowest BCUT2D eigenvalue weighted by molar-refractivity contribution is -0.138. The van der Waals surface area contributed by atoms with Gasteiger partial charge >= 0.3 is 5.97 Å². The number of morpholine rings is 1. The molecule has 2 heterocycles. The van der Waals surface area contributed by atoms with Gasteiger partial charge in [0.1, 0.15) is 5.03 Å². The van der Waals surface area contributed by atoms with Crippen molar-refractivity contribution < 1.29 is 19.1 Å². The van der Waals surface area contributed by atoms with E-state index in [1.807, 2.05) is 19.1 Å². The van der Waals surface area contributed by atoms with Crippen molar-refractivity contribution >= 4 is 23.6 Å². The zero-order valence-corrected chi connectivity index (χ0v) is 16.3. The van der Waals surface area contributed by atoms with Crippen LogP contribution in [0.1, 0.15) is 21.5 Å². The number of benzene rings is 1. The molecule has 0 spiro atoms. The highest BCUT2D eigenvalue weighted by atomic mass is 32.2. The Hall–Kier alpha value is -2.38. The number of amides is 1. The van der Waals surface area contributed by atoms with Gasteiger partial charge in [-0.25, -0.2) is 9.78 Å². The molecule has 7 heteroatoms. The first-order valence-corrected chi connectivity index (χ1v) is 9.59. The monoisotopic (exact) mass is 386 g/mol. The molecule has 1 amide bonds. The molecule has 0 N–H and O–H groups in total. The van der Waals surface area contributed by atoms with Crippen LogP contribution in [0.25, 0.3) is 0 Å². The molecular formula is C20H22N2O4S. The molecule has 1 saturated heterocycles. The highest BCUT2D eigenvalue weighted by Gasteiger charge is 2.20. The van der Waals surface area contributed by atoms with Crippen LogP contribution < -0.4 is 0 Å². The number of esters is 1.